The Hall–Kier alpha value is -1.77. The van der Waals surface area contributed by atoms with E-state index < -0.39 is 0 Å². The molecule has 0 bridgehead atoms. The fraction of sp³-hybridized carbons (Fsp3) is 0.125. The van der Waals surface area contributed by atoms with Crippen LogP contribution < -0.4 is 5.73 Å². The maximum Gasteiger partial charge on any atom is 0.135 e. The van der Waals surface area contributed by atoms with Crippen molar-refractivity contribution in [2.24, 2.45) is 5.73 Å². The minimum atomic E-state index is 0.443. The highest BCUT2D eigenvalue weighted by atomic mass is 35.5. The highest BCUT2D eigenvalue weighted by molar-refractivity contribution is 6.31. The fourth-order valence-electron chi connectivity index (χ4n) is 2.17. The molecule has 3 rings (SSSR count). The van der Waals surface area contributed by atoms with Crippen molar-refractivity contribution < 1.29 is 4.42 Å². The number of halogens is 1. The molecule has 0 amide bonds. The molecule has 0 atom stereocenters. The van der Waals surface area contributed by atoms with Crippen LogP contribution in [0.3, 0.4) is 0 Å². The topological polar surface area (TPSA) is 39.2 Å². The molecule has 0 spiro atoms. The second-order valence-corrected chi connectivity index (χ2v) is 5.07. The summed E-state index contributed by atoms with van der Waals surface area (Å²) >= 11 is 6.18. The SMILES string of the molecule is Cc1ccc2oc(-c3ccc(CN)c(Cl)c3)cc2c1. The van der Waals surface area contributed by atoms with E-state index in [2.05, 4.69) is 13.0 Å². The van der Waals surface area contributed by atoms with Crippen LogP contribution in [-0.2, 0) is 6.54 Å². The van der Waals surface area contributed by atoms with Crippen molar-refractivity contribution in [1.82, 2.24) is 0 Å². The summed E-state index contributed by atoms with van der Waals surface area (Å²) in [5, 5.41) is 1.78. The molecule has 0 aliphatic rings. The Morgan fingerprint density at radius 2 is 1.95 bits per heavy atom. The molecule has 3 aromatic rings. The van der Waals surface area contributed by atoms with Crippen molar-refractivity contribution in [3.05, 3.63) is 58.6 Å². The zero-order valence-electron chi connectivity index (χ0n) is 10.6. The Bertz CT molecular complexity index is 746. The number of furan rings is 1. The van der Waals surface area contributed by atoms with Crippen LogP contribution in [0.1, 0.15) is 11.1 Å². The number of hydrogen-bond acceptors (Lipinski definition) is 2. The Kier molecular flexibility index (Phi) is 3.05. The van der Waals surface area contributed by atoms with Crippen LogP contribution in [0.4, 0.5) is 0 Å². The Balaban J connectivity index is 2.11. The zero-order chi connectivity index (χ0) is 13.4. The summed E-state index contributed by atoms with van der Waals surface area (Å²) in [5.41, 5.74) is 9.63. The molecule has 96 valence electrons. The van der Waals surface area contributed by atoms with E-state index in [0.29, 0.717) is 11.6 Å². The molecule has 0 saturated heterocycles. The van der Waals surface area contributed by atoms with Gasteiger partial charge in [0, 0.05) is 22.5 Å². The highest BCUT2D eigenvalue weighted by Crippen LogP contribution is 2.30. The molecule has 0 radical (unpaired) electrons. The van der Waals surface area contributed by atoms with Crippen molar-refractivity contribution >= 4 is 22.6 Å². The predicted octanol–water partition coefficient (Wildman–Crippen LogP) is 4.52. The molecule has 3 heteroatoms. The Morgan fingerprint density at radius 3 is 2.68 bits per heavy atom. The number of hydrogen-bond donors (Lipinski definition) is 1. The van der Waals surface area contributed by atoms with Crippen molar-refractivity contribution in [3.8, 4) is 11.3 Å². The molecular formula is C16H14ClNO. The van der Waals surface area contributed by atoms with E-state index in [1.54, 1.807) is 0 Å². The maximum absolute atomic E-state index is 6.18. The molecule has 0 aliphatic heterocycles. The maximum atomic E-state index is 6.18. The van der Waals surface area contributed by atoms with Crippen LogP contribution in [0.2, 0.25) is 5.02 Å². The van der Waals surface area contributed by atoms with Gasteiger partial charge >= 0.3 is 0 Å². The summed E-state index contributed by atoms with van der Waals surface area (Å²) in [6, 6.07) is 14.0. The first-order chi connectivity index (χ1) is 9.17. The van der Waals surface area contributed by atoms with Crippen LogP contribution in [-0.4, -0.2) is 0 Å². The molecule has 1 heterocycles. The van der Waals surface area contributed by atoms with E-state index in [4.69, 9.17) is 21.8 Å². The van der Waals surface area contributed by atoms with E-state index in [1.807, 2.05) is 36.4 Å². The van der Waals surface area contributed by atoms with E-state index in [1.165, 1.54) is 5.56 Å². The smallest absolute Gasteiger partial charge is 0.135 e. The Labute approximate surface area is 116 Å². The van der Waals surface area contributed by atoms with Gasteiger partial charge in [0.25, 0.3) is 0 Å². The number of rotatable bonds is 2. The van der Waals surface area contributed by atoms with Gasteiger partial charge in [-0.1, -0.05) is 35.4 Å². The quantitative estimate of drug-likeness (QED) is 0.744. The minimum absolute atomic E-state index is 0.443. The van der Waals surface area contributed by atoms with Gasteiger partial charge in [0.15, 0.2) is 0 Å². The van der Waals surface area contributed by atoms with Gasteiger partial charge in [-0.3, -0.25) is 0 Å². The summed E-state index contributed by atoms with van der Waals surface area (Å²) in [5.74, 6) is 0.825. The fourth-order valence-corrected chi connectivity index (χ4v) is 2.43. The molecule has 2 N–H and O–H groups in total. The molecule has 0 saturated carbocycles. The van der Waals surface area contributed by atoms with Crippen LogP contribution >= 0.6 is 11.6 Å². The lowest BCUT2D eigenvalue weighted by molar-refractivity contribution is 0.631. The summed E-state index contributed by atoms with van der Waals surface area (Å²) in [6.07, 6.45) is 0. The van der Waals surface area contributed by atoms with Crippen molar-refractivity contribution in [1.29, 1.82) is 0 Å². The third kappa shape index (κ3) is 2.25. The van der Waals surface area contributed by atoms with Gasteiger partial charge in [0.2, 0.25) is 0 Å². The molecule has 0 fully saturated rings. The minimum Gasteiger partial charge on any atom is -0.456 e. The van der Waals surface area contributed by atoms with E-state index >= 15 is 0 Å². The van der Waals surface area contributed by atoms with Gasteiger partial charge < -0.3 is 10.2 Å². The first-order valence-corrected chi connectivity index (χ1v) is 6.54. The lowest BCUT2D eigenvalue weighted by atomic mass is 10.1. The van der Waals surface area contributed by atoms with E-state index in [0.717, 1.165) is 27.9 Å². The first-order valence-electron chi connectivity index (χ1n) is 6.16. The summed E-state index contributed by atoms with van der Waals surface area (Å²) < 4.78 is 5.85. The van der Waals surface area contributed by atoms with Gasteiger partial charge in [-0.15, -0.1) is 0 Å². The molecule has 2 aromatic carbocycles. The molecule has 19 heavy (non-hydrogen) atoms. The molecule has 1 aromatic heterocycles. The molecule has 0 unspecified atom stereocenters. The monoisotopic (exact) mass is 271 g/mol. The average molecular weight is 272 g/mol. The van der Waals surface area contributed by atoms with Crippen molar-refractivity contribution in [3.63, 3.8) is 0 Å². The van der Waals surface area contributed by atoms with Crippen molar-refractivity contribution in [2.45, 2.75) is 13.5 Å². The molecular weight excluding hydrogens is 258 g/mol. The van der Waals surface area contributed by atoms with Gasteiger partial charge in [-0.25, -0.2) is 0 Å². The predicted molar refractivity (Wildman–Crippen MR) is 79.3 cm³/mol. The number of benzene rings is 2. The third-order valence-corrected chi connectivity index (χ3v) is 3.58. The van der Waals surface area contributed by atoms with Gasteiger partial charge in [-0.2, -0.15) is 0 Å². The standard InChI is InChI=1S/C16H14ClNO/c1-10-2-5-15-13(6-10)8-16(19-15)11-3-4-12(9-18)14(17)7-11/h2-8H,9,18H2,1H3. The van der Waals surface area contributed by atoms with E-state index in [9.17, 15) is 0 Å². The third-order valence-electron chi connectivity index (χ3n) is 3.23. The zero-order valence-corrected chi connectivity index (χ0v) is 11.4. The van der Waals surface area contributed by atoms with E-state index in [-0.39, 0.29) is 0 Å². The number of nitrogens with two attached hydrogens (primary N) is 1. The second kappa shape index (κ2) is 4.72. The van der Waals surface area contributed by atoms with Gasteiger partial charge in [0.1, 0.15) is 11.3 Å². The summed E-state index contributed by atoms with van der Waals surface area (Å²) in [7, 11) is 0. The molecule has 2 nitrogen and oxygen atoms in total. The van der Waals surface area contributed by atoms with Crippen LogP contribution in [0.15, 0.2) is 46.9 Å². The summed E-state index contributed by atoms with van der Waals surface area (Å²) in [4.78, 5) is 0. The lowest BCUT2D eigenvalue weighted by Gasteiger charge is -2.02. The normalized spacial score (nSPS) is 11.1. The second-order valence-electron chi connectivity index (χ2n) is 4.66. The number of aryl methyl sites for hydroxylation is 1. The number of fused-ring (bicyclic) bond motifs is 1. The van der Waals surface area contributed by atoms with Crippen LogP contribution in [0.5, 0.6) is 0 Å². The Morgan fingerprint density at radius 1 is 1.11 bits per heavy atom. The van der Waals surface area contributed by atoms with Gasteiger partial charge in [-0.05, 0) is 36.8 Å². The first kappa shape index (κ1) is 12.3. The van der Waals surface area contributed by atoms with Crippen molar-refractivity contribution in [2.75, 3.05) is 0 Å². The summed E-state index contributed by atoms with van der Waals surface area (Å²) in [6.45, 7) is 2.51. The molecule has 0 aliphatic carbocycles. The largest absolute Gasteiger partial charge is 0.456 e. The van der Waals surface area contributed by atoms with Crippen LogP contribution in [0, 0.1) is 6.92 Å². The highest BCUT2D eigenvalue weighted by Gasteiger charge is 2.08. The lowest BCUT2D eigenvalue weighted by Crippen LogP contribution is -1.96. The van der Waals surface area contributed by atoms with Crippen LogP contribution in [0.25, 0.3) is 22.3 Å². The average Bonchev–Trinajstić information content (AvgIpc) is 2.81. The van der Waals surface area contributed by atoms with Gasteiger partial charge in [0.05, 0.1) is 0 Å².